The molecular formula is C27H21N3O2S. The fraction of sp³-hybridized carbons (Fsp3) is 0.111. The van der Waals surface area contributed by atoms with E-state index in [2.05, 4.69) is 20.6 Å². The molecule has 0 amide bonds. The van der Waals surface area contributed by atoms with E-state index in [0.29, 0.717) is 18.1 Å². The van der Waals surface area contributed by atoms with Crippen molar-refractivity contribution in [3.8, 4) is 5.88 Å². The van der Waals surface area contributed by atoms with Gasteiger partial charge in [0.2, 0.25) is 11.7 Å². The Morgan fingerprint density at radius 2 is 1.91 bits per heavy atom. The first-order chi connectivity index (χ1) is 16.3. The molecule has 0 fully saturated rings. The monoisotopic (exact) mass is 451 g/mol. The summed E-state index contributed by atoms with van der Waals surface area (Å²) in [5.41, 5.74) is 5.43. The fourth-order valence-electron chi connectivity index (χ4n) is 4.39. The number of carbonyl (C=O) groups is 1. The summed E-state index contributed by atoms with van der Waals surface area (Å²) in [5.74, 6) is 1.27. The van der Waals surface area contributed by atoms with Crippen molar-refractivity contribution in [1.29, 1.82) is 0 Å². The van der Waals surface area contributed by atoms with Gasteiger partial charge < -0.3 is 14.3 Å². The van der Waals surface area contributed by atoms with Crippen molar-refractivity contribution >= 4 is 28.4 Å². The summed E-state index contributed by atoms with van der Waals surface area (Å²) in [6, 6.07) is 23.8. The molecule has 0 unspecified atom stereocenters. The molecule has 6 rings (SSSR count). The number of pyridine rings is 1. The highest BCUT2D eigenvalue weighted by Gasteiger charge is 2.31. The third-order valence-electron chi connectivity index (χ3n) is 5.99. The summed E-state index contributed by atoms with van der Waals surface area (Å²) in [6.07, 6.45) is 5.69. The maximum atomic E-state index is 13.9. The second kappa shape index (κ2) is 8.30. The van der Waals surface area contributed by atoms with Crippen molar-refractivity contribution in [3.63, 3.8) is 0 Å². The van der Waals surface area contributed by atoms with Crippen LogP contribution < -0.4 is 4.74 Å². The third kappa shape index (κ3) is 3.52. The maximum absolute atomic E-state index is 13.9. The highest BCUT2D eigenvalue weighted by atomic mass is 32.2. The zero-order valence-electron chi connectivity index (χ0n) is 17.8. The minimum atomic E-state index is -0.0169. The first kappa shape index (κ1) is 19.9. The predicted octanol–water partition coefficient (Wildman–Crippen LogP) is 5.97. The van der Waals surface area contributed by atoms with Crippen molar-refractivity contribution in [2.24, 2.45) is 0 Å². The topological polar surface area (TPSA) is 59.9 Å². The van der Waals surface area contributed by atoms with Crippen LogP contribution in [0.3, 0.4) is 0 Å². The number of ether oxygens (including phenoxy) is 1. The molecule has 0 aliphatic carbocycles. The largest absolute Gasteiger partial charge is 0.474 e. The van der Waals surface area contributed by atoms with Gasteiger partial charge in [-0.3, -0.25) is 9.78 Å². The van der Waals surface area contributed by atoms with Crippen molar-refractivity contribution in [1.82, 2.24) is 14.5 Å². The molecular weight excluding hydrogens is 430 g/mol. The zero-order chi connectivity index (χ0) is 22.2. The minimum absolute atomic E-state index is 0.0169. The van der Waals surface area contributed by atoms with Crippen LogP contribution in [-0.2, 0) is 12.4 Å². The number of benzene rings is 2. The first-order valence-corrected chi connectivity index (χ1v) is 11.9. The highest BCUT2D eigenvalue weighted by Crippen LogP contribution is 2.43. The molecule has 5 nitrogen and oxygen atoms in total. The fourth-order valence-corrected chi connectivity index (χ4v) is 5.70. The highest BCUT2D eigenvalue weighted by molar-refractivity contribution is 7.99. The maximum Gasteiger partial charge on any atom is 0.203 e. The Morgan fingerprint density at radius 3 is 2.76 bits per heavy atom. The Kier molecular flexibility index (Phi) is 5.00. The van der Waals surface area contributed by atoms with E-state index < -0.39 is 0 Å². The van der Waals surface area contributed by atoms with E-state index in [9.17, 15) is 4.79 Å². The summed E-state index contributed by atoms with van der Waals surface area (Å²) in [4.78, 5) is 21.5. The van der Waals surface area contributed by atoms with Crippen LogP contribution >= 0.6 is 11.8 Å². The van der Waals surface area contributed by atoms with Gasteiger partial charge in [0.1, 0.15) is 12.0 Å². The number of fused-ring (bicyclic) bond motifs is 2. The first-order valence-electron chi connectivity index (χ1n) is 10.8. The Labute approximate surface area is 195 Å². The molecule has 6 heteroatoms. The molecule has 0 saturated carbocycles. The minimum Gasteiger partial charge on any atom is -0.474 e. The number of aromatic nitrogens is 3. The van der Waals surface area contributed by atoms with Crippen LogP contribution in [0.5, 0.6) is 5.88 Å². The van der Waals surface area contributed by atoms with Crippen molar-refractivity contribution in [2.45, 2.75) is 17.7 Å². The van der Waals surface area contributed by atoms with Crippen LogP contribution in [0.15, 0.2) is 91.4 Å². The van der Waals surface area contributed by atoms with Crippen molar-refractivity contribution in [3.05, 3.63) is 119 Å². The number of aromatic amines is 1. The lowest BCUT2D eigenvalue weighted by Crippen LogP contribution is -2.07. The second-order valence-electron chi connectivity index (χ2n) is 8.01. The molecule has 0 saturated heterocycles. The van der Waals surface area contributed by atoms with E-state index in [-0.39, 0.29) is 11.2 Å². The molecule has 162 valence electrons. The number of rotatable bonds is 6. The number of hydrogen-bond acceptors (Lipinski definition) is 4. The molecule has 1 atom stereocenters. The third-order valence-corrected chi connectivity index (χ3v) is 7.25. The number of nitrogens with one attached hydrogen (secondary N) is 1. The van der Waals surface area contributed by atoms with Crippen LogP contribution in [0.2, 0.25) is 0 Å². The molecule has 1 aliphatic heterocycles. The van der Waals surface area contributed by atoms with E-state index in [4.69, 9.17) is 4.74 Å². The average molecular weight is 452 g/mol. The Hall–Kier alpha value is -3.77. The van der Waals surface area contributed by atoms with Gasteiger partial charge in [0, 0.05) is 52.1 Å². The molecule has 0 spiro atoms. The molecule has 0 radical (unpaired) electrons. The average Bonchev–Trinajstić information content (AvgIpc) is 3.57. The van der Waals surface area contributed by atoms with Crippen molar-refractivity contribution in [2.75, 3.05) is 0 Å². The molecule has 3 aromatic heterocycles. The van der Waals surface area contributed by atoms with Crippen molar-refractivity contribution < 1.29 is 9.53 Å². The van der Waals surface area contributed by atoms with Gasteiger partial charge in [-0.1, -0.05) is 54.6 Å². The van der Waals surface area contributed by atoms with Crippen LogP contribution in [0, 0.1) is 0 Å². The lowest BCUT2D eigenvalue weighted by atomic mass is 10.0. The summed E-state index contributed by atoms with van der Waals surface area (Å²) in [5, 5.41) is 1.01. The van der Waals surface area contributed by atoms with E-state index in [0.717, 1.165) is 39.0 Å². The smallest absolute Gasteiger partial charge is 0.203 e. The standard InChI is InChI=1S/C27H21N3O2S/c31-25(21-12-14-30-23(21)17-33-27(30)19-9-6-13-28-15-19)24-20-10-4-5-11-22(20)29-26(24)32-16-18-7-2-1-3-8-18/h1-15,27,29H,16-17H2/t27-/m0/s1. The number of nitrogens with zero attached hydrogens (tertiary/aromatic N) is 2. The van der Waals surface area contributed by atoms with Gasteiger partial charge in [0.05, 0.1) is 5.56 Å². The molecule has 4 heterocycles. The molecule has 1 N–H and O–H groups in total. The molecule has 2 aromatic carbocycles. The summed E-state index contributed by atoms with van der Waals surface area (Å²) in [6.45, 7) is 0.390. The SMILES string of the molecule is O=C(c1ccn2c1CS[C@H]2c1cccnc1)c1c(OCc2ccccc2)[nH]c2ccccc12. The number of thioether (sulfide) groups is 1. The number of H-pyrrole nitrogens is 1. The van der Waals surface area contributed by atoms with Crippen LogP contribution in [-0.4, -0.2) is 20.3 Å². The van der Waals surface area contributed by atoms with Crippen LogP contribution in [0.25, 0.3) is 10.9 Å². The molecule has 5 aromatic rings. The quantitative estimate of drug-likeness (QED) is 0.323. The number of para-hydroxylation sites is 1. The van der Waals surface area contributed by atoms with Gasteiger partial charge in [-0.05, 0) is 23.8 Å². The van der Waals surface area contributed by atoms with Crippen LogP contribution in [0.1, 0.15) is 38.1 Å². The van der Waals surface area contributed by atoms with E-state index in [1.54, 1.807) is 18.0 Å². The molecule has 33 heavy (non-hydrogen) atoms. The van der Waals surface area contributed by atoms with Crippen LogP contribution in [0.4, 0.5) is 0 Å². The Balaban J connectivity index is 1.38. The predicted molar refractivity (Wildman–Crippen MR) is 131 cm³/mol. The van der Waals surface area contributed by atoms with E-state index >= 15 is 0 Å². The lowest BCUT2D eigenvalue weighted by Gasteiger charge is -2.12. The van der Waals surface area contributed by atoms with Gasteiger partial charge in [0.15, 0.2) is 0 Å². The van der Waals surface area contributed by atoms with Gasteiger partial charge in [0.25, 0.3) is 0 Å². The normalized spacial score (nSPS) is 15.0. The van der Waals surface area contributed by atoms with Gasteiger partial charge in [-0.15, -0.1) is 11.8 Å². The Morgan fingerprint density at radius 1 is 1.06 bits per heavy atom. The Bertz CT molecular complexity index is 1440. The van der Waals surface area contributed by atoms with Gasteiger partial charge in [-0.2, -0.15) is 0 Å². The summed E-state index contributed by atoms with van der Waals surface area (Å²) in [7, 11) is 0. The lowest BCUT2D eigenvalue weighted by molar-refractivity contribution is 0.103. The summed E-state index contributed by atoms with van der Waals surface area (Å²) >= 11 is 1.81. The molecule has 1 aliphatic rings. The molecule has 0 bridgehead atoms. The number of ketones is 1. The second-order valence-corrected chi connectivity index (χ2v) is 9.08. The van der Waals surface area contributed by atoms with Gasteiger partial charge in [-0.25, -0.2) is 0 Å². The number of carbonyl (C=O) groups excluding carboxylic acids is 1. The van der Waals surface area contributed by atoms with E-state index in [1.807, 2.05) is 79.1 Å². The van der Waals surface area contributed by atoms with Gasteiger partial charge >= 0.3 is 0 Å². The number of hydrogen-bond donors (Lipinski definition) is 1. The summed E-state index contributed by atoms with van der Waals surface area (Å²) < 4.78 is 8.33. The zero-order valence-corrected chi connectivity index (χ0v) is 18.6. The van der Waals surface area contributed by atoms with E-state index in [1.165, 1.54) is 0 Å².